The highest BCUT2D eigenvalue weighted by atomic mass is 19.1. The zero-order valence-electron chi connectivity index (χ0n) is 12.3. The normalized spacial score (nSPS) is 15.4. The Morgan fingerprint density at radius 2 is 1.95 bits per heavy atom. The monoisotopic (exact) mass is 293 g/mol. The molecule has 21 heavy (non-hydrogen) atoms. The molecule has 4 nitrogen and oxygen atoms in total. The summed E-state index contributed by atoms with van der Waals surface area (Å²) in [5.41, 5.74) is 0.850. The average Bonchev–Trinajstić information content (AvgIpc) is 3.31. The van der Waals surface area contributed by atoms with Crippen molar-refractivity contribution >= 4 is 11.9 Å². The Bertz CT molecular complexity index is 511. The molecule has 0 saturated heterocycles. The number of hydrogen-bond acceptors (Lipinski definition) is 3. The smallest absolute Gasteiger partial charge is 0.310 e. The number of rotatable bonds is 6. The molecule has 5 heteroatoms. The molecule has 1 fully saturated rings. The van der Waals surface area contributed by atoms with E-state index >= 15 is 0 Å². The van der Waals surface area contributed by atoms with E-state index < -0.39 is 0 Å². The first-order valence-electron chi connectivity index (χ1n) is 7.12. The molecule has 0 bridgehead atoms. The first-order valence-corrected chi connectivity index (χ1v) is 7.12. The lowest BCUT2D eigenvalue weighted by Crippen LogP contribution is -2.37. The zero-order valence-corrected chi connectivity index (χ0v) is 12.3. The minimum atomic E-state index is -0.377. The Kier molecular flexibility index (Phi) is 4.94. The van der Waals surface area contributed by atoms with Gasteiger partial charge in [-0.1, -0.05) is 19.1 Å². The number of amides is 1. The van der Waals surface area contributed by atoms with E-state index in [1.165, 1.54) is 19.2 Å². The molecule has 0 heterocycles. The standard InChI is InChI=1S/C16H20FNO3/c1-11(16(20)21-2)9-18(15(19)13-5-6-13)10-12-3-7-14(17)8-4-12/h3-4,7-8,11,13H,5-6,9-10H2,1-2H3. The van der Waals surface area contributed by atoms with Gasteiger partial charge in [-0.25, -0.2) is 4.39 Å². The third kappa shape index (κ3) is 4.28. The number of carbonyl (C=O) groups excluding carboxylic acids is 2. The van der Waals surface area contributed by atoms with E-state index in [2.05, 4.69) is 0 Å². The molecule has 0 aliphatic heterocycles. The predicted molar refractivity (Wildman–Crippen MR) is 75.7 cm³/mol. The van der Waals surface area contributed by atoms with Crippen LogP contribution in [0.25, 0.3) is 0 Å². The van der Waals surface area contributed by atoms with Gasteiger partial charge < -0.3 is 9.64 Å². The molecule has 1 aromatic carbocycles. The summed E-state index contributed by atoms with van der Waals surface area (Å²) in [7, 11) is 1.34. The summed E-state index contributed by atoms with van der Waals surface area (Å²) in [5, 5.41) is 0. The number of halogens is 1. The molecule has 1 aliphatic rings. The summed E-state index contributed by atoms with van der Waals surface area (Å²) < 4.78 is 17.6. The van der Waals surface area contributed by atoms with Gasteiger partial charge in [0.2, 0.25) is 5.91 Å². The fourth-order valence-electron chi connectivity index (χ4n) is 2.24. The highest BCUT2D eigenvalue weighted by Crippen LogP contribution is 2.31. The minimum Gasteiger partial charge on any atom is -0.469 e. The summed E-state index contributed by atoms with van der Waals surface area (Å²) in [5.74, 6) is -0.868. The number of nitrogens with zero attached hydrogens (tertiary/aromatic N) is 1. The van der Waals surface area contributed by atoms with Crippen LogP contribution in [0.3, 0.4) is 0 Å². The molecule has 1 unspecified atom stereocenters. The van der Waals surface area contributed by atoms with Gasteiger partial charge in [0.05, 0.1) is 13.0 Å². The Morgan fingerprint density at radius 3 is 2.48 bits per heavy atom. The van der Waals surface area contributed by atoms with Crippen molar-refractivity contribution in [3.63, 3.8) is 0 Å². The molecule has 0 N–H and O–H groups in total. The Labute approximate surface area is 123 Å². The van der Waals surface area contributed by atoms with Gasteiger partial charge in [0.15, 0.2) is 0 Å². The third-order valence-corrected chi connectivity index (χ3v) is 3.62. The van der Waals surface area contributed by atoms with Crippen LogP contribution < -0.4 is 0 Å². The number of esters is 1. The summed E-state index contributed by atoms with van der Waals surface area (Å²) in [6.45, 7) is 2.44. The lowest BCUT2D eigenvalue weighted by molar-refractivity contribution is -0.146. The Hall–Kier alpha value is -1.91. The molecule has 114 valence electrons. The molecule has 1 aliphatic carbocycles. The molecular formula is C16H20FNO3. The zero-order chi connectivity index (χ0) is 15.4. The van der Waals surface area contributed by atoms with Crippen LogP contribution in [-0.2, 0) is 20.9 Å². The molecule has 0 spiro atoms. The first kappa shape index (κ1) is 15.5. The van der Waals surface area contributed by atoms with Crippen molar-refractivity contribution in [1.29, 1.82) is 0 Å². The van der Waals surface area contributed by atoms with E-state index in [9.17, 15) is 14.0 Å². The van der Waals surface area contributed by atoms with Crippen molar-refractivity contribution < 1.29 is 18.7 Å². The third-order valence-electron chi connectivity index (χ3n) is 3.62. The topological polar surface area (TPSA) is 46.6 Å². The van der Waals surface area contributed by atoms with Gasteiger partial charge in [0.25, 0.3) is 0 Å². The van der Waals surface area contributed by atoms with Crippen LogP contribution in [0, 0.1) is 17.7 Å². The molecule has 1 aromatic rings. The molecule has 0 radical (unpaired) electrons. The van der Waals surface area contributed by atoms with E-state index in [4.69, 9.17) is 4.74 Å². The van der Waals surface area contributed by atoms with Crippen LogP contribution in [0.15, 0.2) is 24.3 Å². The van der Waals surface area contributed by atoms with Gasteiger partial charge in [-0.2, -0.15) is 0 Å². The summed E-state index contributed by atoms with van der Waals surface area (Å²) in [6.07, 6.45) is 1.82. The first-order chi connectivity index (χ1) is 10.0. The van der Waals surface area contributed by atoms with Crippen molar-refractivity contribution in [2.45, 2.75) is 26.3 Å². The lowest BCUT2D eigenvalue weighted by Gasteiger charge is -2.25. The number of carbonyl (C=O) groups is 2. The van der Waals surface area contributed by atoms with Crippen molar-refractivity contribution in [2.75, 3.05) is 13.7 Å². The molecule has 2 rings (SSSR count). The van der Waals surface area contributed by atoms with Gasteiger partial charge in [-0.15, -0.1) is 0 Å². The van der Waals surface area contributed by atoms with Gasteiger partial charge in [-0.05, 0) is 30.5 Å². The molecule has 0 aromatic heterocycles. The van der Waals surface area contributed by atoms with E-state index in [1.807, 2.05) is 0 Å². The number of methoxy groups -OCH3 is 1. The van der Waals surface area contributed by atoms with Crippen LogP contribution in [0.2, 0.25) is 0 Å². The molecular weight excluding hydrogens is 273 g/mol. The fraction of sp³-hybridized carbons (Fsp3) is 0.500. The maximum atomic E-state index is 12.9. The Balaban J connectivity index is 2.06. The van der Waals surface area contributed by atoms with E-state index in [0.717, 1.165) is 18.4 Å². The molecule has 1 amide bonds. The minimum absolute atomic E-state index is 0.0649. The van der Waals surface area contributed by atoms with Gasteiger partial charge in [0, 0.05) is 19.0 Å². The number of benzene rings is 1. The second-order valence-electron chi connectivity index (χ2n) is 5.54. The quantitative estimate of drug-likeness (QED) is 0.757. The fourth-order valence-corrected chi connectivity index (χ4v) is 2.24. The van der Waals surface area contributed by atoms with Crippen LogP contribution in [-0.4, -0.2) is 30.4 Å². The van der Waals surface area contributed by atoms with Crippen molar-refractivity contribution in [1.82, 2.24) is 4.90 Å². The van der Waals surface area contributed by atoms with Crippen molar-refractivity contribution in [2.24, 2.45) is 11.8 Å². The van der Waals surface area contributed by atoms with Gasteiger partial charge >= 0.3 is 5.97 Å². The highest BCUT2D eigenvalue weighted by molar-refractivity contribution is 5.82. The van der Waals surface area contributed by atoms with Crippen molar-refractivity contribution in [3.05, 3.63) is 35.6 Å². The van der Waals surface area contributed by atoms with Gasteiger partial charge in [-0.3, -0.25) is 9.59 Å². The SMILES string of the molecule is COC(=O)C(C)CN(Cc1ccc(F)cc1)C(=O)C1CC1. The second kappa shape index (κ2) is 6.70. The van der Waals surface area contributed by atoms with E-state index in [0.29, 0.717) is 13.1 Å². The highest BCUT2D eigenvalue weighted by Gasteiger charge is 2.34. The van der Waals surface area contributed by atoms with Crippen LogP contribution >= 0.6 is 0 Å². The predicted octanol–water partition coefficient (Wildman–Crippen LogP) is 2.37. The van der Waals surface area contributed by atoms with Crippen LogP contribution in [0.4, 0.5) is 4.39 Å². The lowest BCUT2D eigenvalue weighted by atomic mass is 10.1. The summed E-state index contributed by atoms with van der Waals surface area (Å²) in [6, 6.07) is 6.06. The maximum Gasteiger partial charge on any atom is 0.310 e. The van der Waals surface area contributed by atoms with Gasteiger partial charge in [0.1, 0.15) is 5.82 Å². The summed E-state index contributed by atoms with van der Waals surface area (Å²) >= 11 is 0. The maximum absolute atomic E-state index is 12.9. The summed E-state index contributed by atoms with van der Waals surface area (Å²) in [4.78, 5) is 25.5. The number of ether oxygens (including phenoxy) is 1. The number of hydrogen-bond donors (Lipinski definition) is 0. The van der Waals surface area contributed by atoms with Crippen LogP contribution in [0.1, 0.15) is 25.3 Å². The van der Waals surface area contributed by atoms with Crippen molar-refractivity contribution in [3.8, 4) is 0 Å². The van der Waals surface area contributed by atoms with E-state index in [-0.39, 0.29) is 29.5 Å². The van der Waals surface area contributed by atoms with Crippen LogP contribution in [0.5, 0.6) is 0 Å². The largest absolute Gasteiger partial charge is 0.469 e. The average molecular weight is 293 g/mol. The Morgan fingerprint density at radius 1 is 1.33 bits per heavy atom. The molecule has 1 saturated carbocycles. The van der Waals surface area contributed by atoms with E-state index in [1.54, 1.807) is 24.0 Å². The molecule has 1 atom stereocenters. The second-order valence-corrected chi connectivity index (χ2v) is 5.54.